The number of carbonyl (C=O) groups is 1. The number of ether oxygens (including phenoxy) is 1. The van der Waals surface area contributed by atoms with Crippen molar-refractivity contribution in [2.75, 3.05) is 6.61 Å². The van der Waals surface area contributed by atoms with E-state index < -0.39 is 11.6 Å². The van der Waals surface area contributed by atoms with Crippen LogP contribution in [0.3, 0.4) is 0 Å². The molecule has 0 fully saturated rings. The third-order valence-corrected chi connectivity index (χ3v) is 5.38. The molecule has 1 amide bonds. The minimum atomic E-state index is -0.535. The molecule has 30 heavy (non-hydrogen) atoms. The second-order valence-corrected chi connectivity index (χ2v) is 8.44. The summed E-state index contributed by atoms with van der Waals surface area (Å²) in [4.78, 5) is 12.4. The predicted octanol–water partition coefficient (Wildman–Crippen LogP) is 5.79. The lowest BCUT2D eigenvalue weighted by molar-refractivity contribution is -0.705. The van der Waals surface area contributed by atoms with Crippen LogP contribution in [0.2, 0.25) is 0 Å². The van der Waals surface area contributed by atoms with Crippen LogP contribution in [-0.4, -0.2) is 12.7 Å². The Morgan fingerprint density at radius 2 is 1.93 bits per heavy atom. The maximum atomic E-state index is 12.4. The Balaban J connectivity index is 1.88. The third-order valence-electron chi connectivity index (χ3n) is 5.38. The number of hydrogen-bond donors (Lipinski definition) is 1. The van der Waals surface area contributed by atoms with Crippen molar-refractivity contribution in [2.24, 2.45) is 0 Å². The monoisotopic (exact) mass is 409 g/mol. The van der Waals surface area contributed by atoms with Crippen LogP contribution in [0.4, 0.5) is 4.79 Å². The first-order chi connectivity index (χ1) is 14.3. The summed E-state index contributed by atoms with van der Waals surface area (Å²) in [5.74, 6) is 0. The van der Waals surface area contributed by atoms with Gasteiger partial charge in [-0.3, -0.25) is 0 Å². The van der Waals surface area contributed by atoms with Crippen LogP contribution in [-0.2, 0) is 23.2 Å². The summed E-state index contributed by atoms with van der Waals surface area (Å²) in [6, 6.07) is 14.3. The molecule has 1 aromatic heterocycles. The second-order valence-electron chi connectivity index (χ2n) is 8.44. The first kappa shape index (κ1) is 23.7. The molecule has 0 saturated carbocycles. The Labute approximate surface area is 182 Å². The Kier molecular flexibility index (Phi) is 9.10. The van der Waals surface area contributed by atoms with Crippen LogP contribution in [0.5, 0.6) is 0 Å². The molecule has 2 aromatic rings. The number of rotatable bonds is 11. The number of amides is 1. The van der Waals surface area contributed by atoms with Gasteiger partial charge in [-0.05, 0) is 44.4 Å². The van der Waals surface area contributed by atoms with Crippen molar-refractivity contribution >= 4 is 11.7 Å². The number of carbonyl (C=O) groups excluding carboxylic acids is 1. The van der Waals surface area contributed by atoms with Crippen LogP contribution < -0.4 is 9.88 Å². The molecule has 4 nitrogen and oxygen atoms in total. The standard InChI is InChI=1S/C26H36N2O2/c1-6-7-8-9-15-24-16-10-11-17-28(24)18-19-30-25(29)27-26(4,5)23-14-12-13-22(20-23)21(2)3/h10-14,16-17,20H,2,6-9,15,18-19H2,1,3-5H3/p+1. The number of allylic oxidation sites excluding steroid dienone is 1. The fourth-order valence-electron chi connectivity index (χ4n) is 3.46. The lowest BCUT2D eigenvalue weighted by Gasteiger charge is -2.27. The lowest BCUT2D eigenvalue weighted by Crippen LogP contribution is -2.44. The molecule has 0 bridgehead atoms. The molecule has 0 saturated heterocycles. The number of benzene rings is 1. The van der Waals surface area contributed by atoms with Gasteiger partial charge in [-0.25, -0.2) is 4.79 Å². The molecule has 0 spiro atoms. The minimum absolute atomic E-state index is 0.338. The summed E-state index contributed by atoms with van der Waals surface area (Å²) < 4.78 is 7.67. The fourth-order valence-corrected chi connectivity index (χ4v) is 3.46. The molecule has 1 aromatic carbocycles. The highest BCUT2D eigenvalue weighted by Gasteiger charge is 2.24. The van der Waals surface area contributed by atoms with E-state index in [9.17, 15) is 4.79 Å². The van der Waals surface area contributed by atoms with E-state index in [4.69, 9.17) is 4.74 Å². The molecule has 1 N–H and O–H groups in total. The molecule has 0 aliphatic heterocycles. The normalized spacial score (nSPS) is 11.2. The smallest absolute Gasteiger partial charge is 0.408 e. The first-order valence-electron chi connectivity index (χ1n) is 11.0. The molecule has 1 heterocycles. The summed E-state index contributed by atoms with van der Waals surface area (Å²) in [6.45, 7) is 13.2. The number of alkyl carbamates (subject to hydrolysis) is 1. The van der Waals surface area contributed by atoms with Crippen molar-refractivity contribution in [3.8, 4) is 0 Å². The summed E-state index contributed by atoms with van der Waals surface area (Å²) >= 11 is 0. The van der Waals surface area contributed by atoms with Crippen LogP contribution in [0.15, 0.2) is 55.2 Å². The largest absolute Gasteiger partial charge is 0.443 e. The Bertz CT molecular complexity index is 842. The van der Waals surface area contributed by atoms with Crippen LogP contribution in [0.1, 0.15) is 70.2 Å². The maximum Gasteiger partial charge on any atom is 0.408 e. The number of unbranched alkanes of at least 4 members (excludes halogenated alkanes) is 3. The number of nitrogens with one attached hydrogen (secondary N) is 1. The Hall–Kier alpha value is -2.62. The molecular formula is C26H37N2O2+. The quantitative estimate of drug-likeness (QED) is 0.377. The van der Waals surface area contributed by atoms with Gasteiger partial charge in [0.15, 0.2) is 25.0 Å². The molecule has 0 atom stereocenters. The number of aryl methyl sites for hydroxylation is 1. The van der Waals surface area contributed by atoms with E-state index in [1.165, 1.54) is 31.4 Å². The average Bonchev–Trinajstić information content (AvgIpc) is 2.72. The molecule has 162 valence electrons. The number of nitrogens with zero attached hydrogens (tertiary/aromatic N) is 1. The number of pyridine rings is 1. The maximum absolute atomic E-state index is 12.4. The van der Waals surface area contributed by atoms with Gasteiger partial charge in [-0.15, -0.1) is 0 Å². The van der Waals surface area contributed by atoms with Crippen molar-refractivity contribution in [1.82, 2.24) is 5.32 Å². The van der Waals surface area contributed by atoms with Gasteiger partial charge in [0.1, 0.15) is 0 Å². The average molecular weight is 410 g/mol. The van der Waals surface area contributed by atoms with Crippen LogP contribution in [0.25, 0.3) is 5.57 Å². The minimum Gasteiger partial charge on any atom is -0.443 e. The SMILES string of the molecule is C=C(C)c1cccc(C(C)(C)NC(=O)OCC[n+]2ccccc2CCCCCC)c1. The first-order valence-corrected chi connectivity index (χ1v) is 11.0. The Morgan fingerprint density at radius 3 is 2.67 bits per heavy atom. The van der Waals surface area contributed by atoms with Crippen molar-refractivity contribution in [2.45, 2.75) is 71.9 Å². The zero-order valence-electron chi connectivity index (χ0n) is 19.0. The van der Waals surface area contributed by atoms with Gasteiger partial charge >= 0.3 is 6.09 Å². The topological polar surface area (TPSA) is 42.2 Å². The van der Waals surface area contributed by atoms with Gasteiger partial charge < -0.3 is 10.1 Å². The molecule has 0 aliphatic carbocycles. The van der Waals surface area contributed by atoms with E-state index in [2.05, 4.69) is 47.8 Å². The zero-order valence-corrected chi connectivity index (χ0v) is 19.0. The number of aromatic nitrogens is 1. The van der Waals surface area contributed by atoms with E-state index in [0.29, 0.717) is 13.2 Å². The summed E-state index contributed by atoms with van der Waals surface area (Å²) in [7, 11) is 0. The van der Waals surface area contributed by atoms with Gasteiger partial charge in [0, 0.05) is 18.6 Å². The molecule has 4 heteroatoms. The van der Waals surface area contributed by atoms with Crippen molar-refractivity contribution in [1.29, 1.82) is 0 Å². The highest BCUT2D eigenvalue weighted by molar-refractivity contribution is 5.69. The molecule has 2 rings (SSSR count). The van der Waals surface area contributed by atoms with Crippen molar-refractivity contribution in [3.05, 3.63) is 72.1 Å². The summed E-state index contributed by atoms with van der Waals surface area (Å²) in [5.41, 5.74) is 3.84. The molecule has 0 radical (unpaired) electrons. The van der Waals surface area contributed by atoms with Gasteiger partial charge in [0.05, 0.1) is 5.54 Å². The zero-order chi connectivity index (χ0) is 22.0. The Morgan fingerprint density at radius 1 is 1.13 bits per heavy atom. The van der Waals surface area contributed by atoms with Gasteiger partial charge in [0.25, 0.3) is 0 Å². The fraction of sp³-hybridized carbons (Fsp3) is 0.462. The van der Waals surface area contributed by atoms with Crippen molar-refractivity contribution < 1.29 is 14.1 Å². The van der Waals surface area contributed by atoms with Crippen LogP contribution >= 0.6 is 0 Å². The van der Waals surface area contributed by atoms with E-state index in [-0.39, 0.29) is 0 Å². The van der Waals surface area contributed by atoms with E-state index in [1.54, 1.807) is 0 Å². The highest BCUT2D eigenvalue weighted by atomic mass is 16.5. The van der Waals surface area contributed by atoms with E-state index >= 15 is 0 Å². The van der Waals surface area contributed by atoms with Gasteiger partial charge in [0.2, 0.25) is 0 Å². The summed E-state index contributed by atoms with van der Waals surface area (Å²) in [5, 5.41) is 2.99. The van der Waals surface area contributed by atoms with E-state index in [1.807, 2.05) is 45.0 Å². The molecular weight excluding hydrogens is 372 g/mol. The lowest BCUT2D eigenvalue weighted by atomic mass is 9.92. The number of hydrogen-bond acceptors (Lipinski definition) is 2. The van der Waals surface area contributed by atoms with Crippen LogP contribution in [0, 0.1) is 0 Å². The van der Waals surface area contributed by atoms with E-state index in [0.717, 1.165) is 23.1 Å². The second kappa shape index (κ2) is 11.5. The third kappa shape index (κ3) is 7.33. The predicted molar refractivity (Wildman–Crippen MR) is 123 cm³/mol. The van der Waals surface area contributed by atoms with Gasteiger partial charge in [-0.2, -0.15) is 4.57 Å². The molecule has 0 unspecified atom stereocenters. The van der Waals surface area contributed by atoms with Crippen molar-refractivity contribution in [3.63, 3.8) is 0 Å². The van der Waals surface area contributed by atoms with Gasteiger partial charge in [-0.1, -0.05) is 62.6 Å². The molecule has 0 aliphatic rings. The highest BCUT2D eigenvalue weighted by Crippen LogP contribution is 2.23. The summed E-state index contributed by atoms with van der Waals surface area (Å²) in [6.07, 6.45) is 7.68.